The Morgan fingerprint density at radius 3 is 2.36 bits per heavy atom. The molecule has 2 aromatic heterocycles. The van der Waals surface area contributed by atoms with Gasteiger partial charge in [-0.05, 0) is 49.2 Å². The molecule has 3 aromatic rings. The molecule has 0 atom stereocenters. The molecule has 3 rings (SSSR count). The molecular weight excluding hydrogens is 312 g/mol. The van der Waals surface area contributed by atoms with Gasteiger partial charge in [0.1, 0.15) is 5.75 Å². The lowest BCUT2D eigenvalue weighted by Crippen LogP contribution is -2.08. The fourth-order valence-electron chi connectivity index (χ4n) is 2.49. The van der Waals surface area contributed by atoms with Gasteiger partial charge in [-0.15, -0.1) is 0 Å². The monoisotopic (exact) mass is 332 g/mol. The average Bonchev–Trinajstić information content (AvgIpc) is 2.65. The van der Waals surface area contributed by atoms with Gasteiger partial charge in [0.05, 0.1) is 17.5 Å². The van der Waals surface area contributed by atoms with Crippen LogP contribution in [0.25, 0.3) is 11.3 Å². The molecule has 0 aliphatic heterocycles. The molecule has 25 heavy (non-hydrogen) atoms. The van der Waals surface area contributed by atoms with Gasteiger partial charge < -0.3 is 4.74 Å². The van der Waals surface area contributed by atoms with Crippen molar-refractivity contribution in [2.75, 3.05) is 0 Å². The highest BCUT2D eigenvalue weighted by Crippen LogP contribution is 2.19. The number of hydrogen-bond donors (Lipinski definition) is 0. The van der Waals surface area contributed by atoms with Crippen molar-refractivity contribution in [2.45, 2.75) is 26.7 Å². The van der Waals surface area contributed by atoms with Crippen LogP contribution in [0.5, 0.6) is 5.75 Å². The summed E-state index contributed by atoms with van der Waals surface area (Å²) in [6.45, 7) is 4.03. The second-order valence-electron chi connectivity index (χ2n) is 5.90. The van der Waals surface area contributed by atoms with Crippen molar-refractivity contribution in [3.05, 3.63) is 77.7 Å². The Hall–Kier alpha value is -3.01. The molecule has 0 spiro atoms. The van der Waals surface area contributed by atoms with Crippen LogP contribution < -0.4 is 4.74 Å². The molecular formula is C21H20N2O2. The number of hydrogen-bond acceptors (Lipinski definition) is 4. The average molecular weight is 332 g/mol. The Morgan fingerprint density at radius 1 is 0.960 bits per heavy atom. The second kappa shape index (κ2) is 7.71. The molecule has 0 bridgehead atoms. The summed E-state index contributed by atoms with van der Waals surface area (Å²) in [7, 11) is 0. The Kier molecular flexibility index (Phi) is 5.19. The largest absolute Gasteiger partial charge is 0.421 e. The lowest BCUT2D eigenvalue weighted by molar-refractivity contribution is 0.0734. The summed E-state index contributed by atoms with van der Waals surface area (Å²) in [5, 5.41) is 0. The zero-order valence-corrected chi connectivity index (χ0v) is 14.4. The first-order valence-electron chi connectivity index (χ1n) is 8.36. The van der Waals surface area contributed by atoms with E-state index >= 15 is 0 Å². The Labute approximate surface area is 147 Å². The van der Waals surface area contributed by atoms with E-state index in [4.69, 9.17) is 4.74 Å². The van der Waals surface area contributed by atoms with Crippen LogP contribution in [0.3, 0.4) is 0 Å². The normalized spacial score (nSPS) is 10.5. The van der Waals surface area contributed by atoms with E-state index in [0.717, 1.165) is 29.8 Å². The van der Waals surface area contributed by atoms with Crippen LogP contribution in [0, 0.1) is 6.92 Å². The summed E-state index contributed by atoms with van der Waals surface area (Å²) < 4.78 is 5.33. The number of esters is 1. The number of aryl methyl sites for hydroxylation is 2. The molecule has 0 fully saturated rings. The summed E-state index contributed by atoms with van der Waals surface area (Å²) in [6.07, 6.45) is 5.59. The molecule has 0 unspecified atom stereocenters. The summed E-state index contributed by atoms with van der Waals surface area (Å²) in [5.41, 5.74) is 4.46. The Morgan fingerprint density at radius 2 is 1.76 bits per heavy atom. The number of ether oxygens (including phenoxy) is 1. The number of rotatable bonds is 5. The second-order valence-corrected chi connectivity index (χ2v) is 5.90. The highest BCUT2D eigenvalue weighted by Gasteiger charge is 2.09. The molecule has 1 aromatic carbocycles. The van der Waals surface area contributed by atoms with Crippen LogP contribution in [0.15, 0.2) is 60.9 Å². The first-order valence-corrected chi connectivity index (χ1v) is 8.36. The molecule has 2 heterocycles. The minimum absolute atomic E-state index is 0.400. The Balaban J connectivity index is 1.70. The third-order valence-electron chi connectivity index (χ3n) is 3.87. The molecule has 0 saturated carbocycles. The van der Waals surface area contributed by atoms with Gasteiger partial charge in [-0.2, -0.15) is 0 Å². The number of nitrogens with zero attached hydrogens (tertiary/aromatic N) is 2. The van der Waals surface area contributed by atoms with Crippen molar-refractivity contribution in [1.29, 1.82) is 0 Å². The SMILES string of the molecule is CCCc1ccc(-c2ccc(C(=O)Oc3ccc(C)nc3)cc2)nc1. The number of carbonyl (C=O) groups is 1. The molecule has 0 N–H and O–H groups in total. The van der Waals surface area contributed by atoms with Gasteiger partial charge in [0.15, 0.2) is 0 Å². The summed E-state index contributed by atoms with van der Waals surface area (Å²) in [5.74, 6) is 0.0383. The van der Waals surface area contributed by atoms with Gasteiger partial charge >= 0.3 is 5.97 Å². The highest BCUT2D eigenvalue weighted by molar-refractivity contribution is 5.91. The number of pyridine rings is 2. The van der Waals surface area contributed by atoms with Gasteiger partial charge in [0.25, 0.3) is 0 Å². The first kappa shape index (κ1) is 16.8. The van der Waals surface area contributed by atoms with Crippen LogP contribution in [-0.4, -0.2) is 15.9 Å². The molecule has 0 amide bonds. The van der Waals surface area contributed by atoms with Crippen molar-refractivity contribution < 1.29 is 9.53 Å². The summed E-state index contributed by atoms with van der Waals surface area (Å²) in [6, 6.07) is 14.9. The molecule has 0 aliphatic rings. The van der Waals surface area contributed by atoms with Gasteiger partial charge in [0.2, 0.25) is 0 Å². The summed E-state index contributed by atoms with van der Waals surface area (Å²) in [4.78, 5) is 20.8. The quantitative estimate of drug-likeness (QED) is 0.640. The maximum Gasteiger partial charge on any atom is 0.343 e. The van der Waals surface area contributed by atoms with Crippen molar-refractivity contribution in [3.63, 3.8) is 0 Å². The molecule has 0 aliphatic carbocycles. The fourth-order valence-corrected chi connectivity index (χ4v) is 2.49. The van der Waals surface area contributed by atoms with Crippen LogP contribution in [-0.2, 0) is 6.42 Å². The first-order chi connectivity index (χ1) is 12.2. The van der Waals surface area contributed by atoms with E-state index in [1.54, 1.807) is 30.5 Å². The Bertz CT molecular complexity index is 839. The molecule has 126 valence electrons. The molecule has 0 radical (unpaired) electrons. The molecule has 0 saturated heterocycles. The predicted octanol–water partition coefficient (Wildman–Crippen LogP) is 4.62. The third-order valence-corrected chi connectivity index (χ3v) is 3.87. The van der Waals surface area contributed by atoms with Gasteiger partial charge in [-0.25, -0.2) is 4.79 Å². The fraction of sp³-hybridized carbons (Fsp3) is 0.190. The van der Waals surface area contributed by atoms with Crippen molar-refractivity contribution >= 4 is 5.97 Å². The van der Waals surface area contributed by atoms with Crippen LogP contribution in [0.4, 0.5) is 0 Å². The zero-order valence-electron chi connectivity index (χ0n) is 14.4. The summed E-state index contributed by atoms with van der Waals surface area (Å²) >= 11 is 0. The lowest BCUT2D eigenvalue weighted by Gasteiger charge is -2.06. The predicted molar refractivity (Wildman–Crippen MR) is 97.6 cm³/mol. The van der Waals surface area contributed by atoms with Crippen LogP contribution in [0.2, 0.25) is 0 Å². The number of carbonyl (C=O) groups excluding carboxylic acids is 1. The van der Waals surface area contributed by atoms with Gasteiger partial charge in [-0.3, -0.25) is 9.97 Å². The van der Waals surface area contributed by atoms with E-state index in [1.807, 2.05) is 31.3 Å². The minimum atomic E-state index is -0.400. The molecule has 4 nitrogen and oxygen atoms in total. The lowest BCUT2D eigenvalue weighted by atomic mass is 10.1. The van der Waals surface area contributed by atoms with E-state index in [2.05, 4.69) is 23.0 Å². The topological polar surface area (TPSA) is 52.1 Å². The van der Waals surface area contributed by atoms with Gasteiger partial charge in [-0.1, -0.05) is 31.5 Å². The standard InChI is InChI=1S/C21H20N2O2/c1-3-4-16-6-12-20(23-13-16)17-7-9-18(10-8-17)21(24)25-19-11-5-15(2)22-14-19/h5-14H,3-4H2,1-2H3. The maximum atomic E-state index is 12.2. The molecule has 4 heteroatoms. The van der Waals surface area contributed by atoms with E-state index < -0.39 is 5.97 Å². The number of aromatic nitrogens is 2. The van der Waals surface area contributed by atoms with Gasteiger partial charge in [0, 0.05) is 17.5 Å². The van der Waals surface area contributed by atoms with Crippen molar-refractivity contribution in [2.24, 2.45) is 0 Å². The van der Waals surface area contributed by atoms with E-state index in [9.17, 15) is 4.79 Å². The van der Waals surface area contributed by atoms with Crippen LogP contribution in [0.1, 0.15) is 35.0 Å². The van der Waals surface area contributed by atoms with E-state index in [-0.39, 0.29) is 0 Å². The maximum absolute atomic E-state index is 12.2. The number of benzene rings is 1. The zero-order chi connectivity index (χ0) is 17.6. The highest BCUT2D eigenvalue weighted by atomic mass is 16.5. The van der Waals surface area contributed by atoms with Crippen molar-refractivity contribution in [3.8, 4) is 17.0 Å². The van der Waals surface area contributed by atoms with Crippen LogP contribution >= 0.6 is 0 Å². The minimum Gasteiger partial charge on any atom is -0.421 e. The van der Waals surface area contributed by atoms with E-state index in [0.29, 0.717) is 11.3 Å². The van der Waals surface area contributed by atoms with E-state index in [1.165, 1.54) is 5.56 Å². The third kappa shape index (κ3) is 4.29. The smallest absolute Gasteiger partial charge is 0.343 e. The van der Waals surface area contributed by atoms with Crippen molar-refractivity contribution in [1.82, 2.24) is 9.97 Å².